The number of anilines is 1. The molecule has 27 heavy (non-hydrogen) atoms. The molecule has 0 radical (unpaired) electrons. The predicted octanol–water partition coefficient (Wildman–Crippen LogP) is 3.16. The Morgan fingerprint density at radius 1 is 1.19 bits per heavy atom. The molecule has 0 saturated carbocycles. The van der Waals surface area contributed by atoms with E-state index in [4.69, 9.17) is 0 Å². The van der Waals surface area contributed by atoms with Crippen molar-refractivity contribution >= 4 is 11.6 Å². The van der Waals surface area contributed by atoms with Crippen LogP contribution in [0.3, 0.4) is 0 Å². The molecule has 1 saturated heterocycles. The fraction of sp³-hybridized carbons (Fsp3) is 0.316. The number of hydrogen-bond acceptors (Lipinski definition) is 5. The molecule has 0 bridgehead atoms. The van der Waals surface area contributed by atoms with Crippen molar-refractivity contribution in [1.82, 2.24) is 10.9 Å². The summed E-state index contributed by atoms with van der Waals surface area (Å²) in [5.74, 6) is -0.0187. The number of aromatic hydroxyl groups is 1. The minimum Gasteiger partial charge on any atom is -0.507 e. The predicted molar refractivity (Wildman–Crippen MR) is 96.7 cm³/mol. The Hall–Kier alpha value is -2.71. The Kier molecular flexibility index (Phi) is 5.57. The first-order chi connectivity index (χ1) is 12.8. The number of hydrogen-bond donors (Lipinski definition) is 4. The first kappa shape index (κ1) is 19.1. The van der Waals surface area contributed by atoms with Crippen LogP contribution in [0.5, 0.6) is 11.5 Å². The lowest BCUT2D eigenvalue weighted by molar-refractivity contribution is -0.117. The first-order valence-corrected chi connectivity index (χ1v) is 8.51. The molecular weight excluding hydrogens is 356 g/mol. The Morgan fingerprint density at radius 3 is 2.56 bits per heavy atom. The number of carbonyl (C=O) groups is 1. The highest BCUT2D eigenvalue weighted by Gasteiger charge is 2.31. The summed E-state index contributed by atoms with van der Waals surface area (Å²) in [6.07, 6.45) is 0.453. The van der Waals surface area contributed by atoms with E-state index in [0.717, 1.165) is 16.7 Å². The quantitative estimate of drug-likeness (QED) is 0.644. The van der Waals surface area contributed by atoms with Gasteiger partial charge >= 0.3 is 6.61 Å². The topological polar surface area (TPSA) is 82.6 Å². The Morgan fingerprint density at radius 2 is 1.89 bits per heavy atom. The van der Waals surface area contributed by atoms with E-state index < -0.39 is 12.7 Å². The SMILES string of the molecule is Cc1ccc(C2CC(C(=O)Nc3ccc(OC(F)F)cc3)NN2)c(O)c1C. The molecule has 6 nitrogen and oxygen atoms in total. The van der Waals surface area contributed by atoms with Gasteiger partial charge in [-0.25, -0.2) is 10.9 Å². The Balaban J connectivity index is 1.62. The maximum absolute atomic E-state index is 12.4. The standard InChI is InChI=1S/C19H21F2N3O3/c1-10-3-8-14(17(25)11(10)2)15-9-16(24-23-15)18(26)22-12-4-6-13(7-5-12)27-19(20)21/h3-8,15-16,19,23-25H,9H2,1-2H3,(H,22,26). The van der Waals surface area contributed by atoms with Crippen LogP contribution in [-0.4, -0.2) is 23.7 Å². The van der Waals surface area contributed by atoms with Crippen LogP contribution >= 0.6 is 0 Å². The van der Waals surface area contributed by atoms with Crippen molar-refractivity contribution < 1.29 is 23.4 Å². The van der Waals surface area contributed by atoms with Gasteiger partial charge in [-0.1, -0.05) is 12.1 Å². The van der Waals surface area contributed by atoms with Crippen molar-refractivity contribution in [3.63, 3.8) is 0 Å². The summed E-state index contributed by atoms with van der Waals surface area (Å²) in [6, 6.07) is 8.77. The van der Waals surface area contributed by atoms with E-state index in [-0.39, 0.29) is 23.4 Å². The minimum atomic E-state index is -2.89. The van der Waals surface area contributed by atoms with Crippen LogP contribution in [0.4, 0.5) is 14.5 Å². The zero-order valence-corrected chi connectivity index (χ0v) is 14.9. The second kappa shape index (κ2) is 7.89. The zero-order chi connectivity index (χ0) is 19.6. The van der Waals surface area contributed by atoms with E-state index in [2.05, 4.69) is 20.9 Å². The van der Waals surface area contributed by atoms with E-state index in [9.17, 15) is 18.7 Å². The number of ether oxygens (including phenoxy) is 1. The first-order valence-electron chi connectivity index (χ1n) is 8.51. The molecule has 3 rings (SSSR count). The number of phenols is 1. The second-order valence-corrected chi connectivity index (χ2v) is 6.47. The number of alkyl halides is 2. The molecule has 1 aliphatic rings. The average Bonchev–Trinajstić information content (AvgIpc) is 3.11. The molecule has 1 aliphatic heterocycles. The van der Waals surface area contributed by atoms with Crippen LogP contribution in [0.2, 0.25) is 0 Å². The van der Waals surface area contributed by atoms with Gasteiger partial charge in [0.2, 0.25) is 5.91 Å². The summed E-state index contributed by atoms with van der Waals surface area (Å²) in [5.41, 5.74) is 8.97. The molecular formula is C19H21F2N3O3. The van der Waals surface area contributed by atoms with Gasteiger partial charge < -0.3 is 15.2 Å². The molecule has 0 spiro atoms. The number of hydrazine groups is 1. The second-order valence-electron chi connectivity index (χ2n) is 6.47. The van der Waals surface area contributed by atoms with Crippen molar-refractivity contribution in [1.29, 1.82) is 0 Å². The smallest absolute Gasteiger partial charge is 0.387 e. The maximum atomic E-state index is 12.4. The van der Waals surface area contributed by atoms with Gasteiger partial charge in [0.05, 0.1) is 6.04 Å². The molecule has 144 valence electrons. The van der Waals surface area contributed by atoms with E-state index in [1.54, 1.807) is 0 Å². The van der Waals surface area contributed by atoms with E-state index in [1.165, 1.54) is 24.3 Å². The normalized spacial score (nSPS) is 19.3. The van der Waals surface area contributed by atoms with Crippen molar-refractivity contribution in [3.05, 3.63) is 53.1 Å². The Bertz CT molecular complexity index is 828. The lowest BCUT2D eigenvalue weighted by Crippen LogP contribution is -2.39. The molecule has 4 N–H and O–H groups in total. The van der Waals surface area contributed by atoms with Gasteiger partial charge in [0, 0.05) is 11.3 Å². The zero-order valence-electron chi connectivity index (χ0n) is 14.9. The summed E-state index contributed by atoms with van der Waals surface area (Å²) < 4.78 is 28.6. The molecule has 2 aromatic rings. The van der Waals surface area contributed by atoms with Gasteiger partial charge in [-0.2, -0.15) is 8.78 Å². The van der Waals surface area contributed by atoms with Crippen molar-refractivity contribution in [2.45, 2.75) is 39.0 Å². The van der Waals surface area contributed by atoms with Crippen LogP contribution < -0.4 is 20.9 Å². The minimum absolute atomic E-state index is 0.0222. The van der Waals surface area contributed by atoms with Gasteiger partial charge in [0.25, 0.3) is 0 Å². The summed E-state index contributed by atoms with van der Waals surface area (Å²) in [4.78, 5) is 12.4. The molecule has 2 unspecified atom stereocenters. The summed E-state index contributed by atoms with van der Waals surface area (Å²) in [7, 11) is 0. The monoisotopic (exact) mass is 377 g/mol. The molecule has 1 fully saturated rings. The van der Waals surface area contributed by atoms with E-state index >= 15 is 0 Å². The maximum Gasteiger partial charge on any atom is 0.387 e. The van der Waals surface area contributed by atoms with Gasteiger partial charge in [-0.3, -0.25) is 4.79 Å². The van der Waals surface area contributed by atoms with E-state index in [1.807, 2.05) is 26.0 Å². The average molecular weight is 377 g/mol. The van der Waals surface area contributed by atoms with Crippen LogP contribution in [0.15, 0.2) is 36.4 Å². The fourth-order valence-corrected chi connectivity index (χ4v) is 2.98. The number of nitrogens with one attached hydrogen (secondary N) is 3. The third kappa shape index (κ3) is 4.35. The lowest BCUT2D eigenvalue weighted by Gasteiger charge is -2.15. The number of halogens is 2. The number of benzene rings is 2. The number of aryl methyl sites for hydroxylation is 1. The summed E-state index contributed by atoms with van der Waals surface area (Å²) >= 11 is 0. The molecule has 1 amide bonds. The van der Waals surface area contributed by atoms with E-state index in [0.29, 0.717) is 12.1 Å². The fourth-order valence-electron chi connectivity index (χ4n) is 2.98. The van der Waals surface area contributed by atoms with Crippen LogP contribution in [0, 0.1) is 13.8 Å². The highest BCUT2D eigenvalue weighted by atomic mass is 19.3. The third-order valence-electron chi connectivity index (χ3n) is 4.68. The summed E-state index contributed by atoms with van der Waals surface area (Å²) in [5, 5.41) is 13.1. The number of carbonyl (C=O) groups excluding carboxylic acids is 1. The van der Waals surface area contributed by atoms with Crippen LogP contribution in [0.1, 0.15) is 29.2 Å². The highest BCUT2D eigenvalue weighted by Crippen LogP contribution is 2.33. The largest absolute Gasteiger partial charge is 0.507 e. The number of phenolic OH excluding ortho intramolecular Hbond substituents is 1. The molecule has 2 aromatic carbocycles. The number of rotatable bonds is 5. The molecule has 1 heterocycles. The van der Waals surface area contributed by atoms with Gasteiger partial charge in [0.1, 0.15) is 17.5 Å². The van der Waals surface area contributed by atoms with Crippen molar-refractivity contribution in [2.75, 3.05) is 5.32 Å². The van der Waals surface area contributed by atoms with Crippen molar-refractivity contribution in [3.8, 4) is 11.5 Å². The molecule has 0 aliphatic carbocycles. The lowest BCUT2D eigenvalue weighted by atomic mass is 9.96. The van der Waals surface area contributed by atoms with Crippen LogP contribution in [0.25, 0.3) is 0 Å². The molecule has 0 aromatic heterocycles. The number of amides is 1. The highest BCUT2D eigenvalue weighted by molar-refractivity contribution is 5.95. The van der Waals surface area contributed by atoms with Gasteiger partial charge in [0.15, 0.2) is 0 Å². The molecule has 8 heteroatoms. The van der Waals surface area contributed by atoms with Gasteiger partial charge in [-0.05, 0) is 55.7 Å². The Labute approximate surface area is 155 Å². The van der Waals surface area contributed by atoms with Crippen LogP contribution in [-0.2, 0) is 4.79 Å². The van der Waals surface area contributed by atoms with Gasteiger partial charge in [-0.15, -0.1) is 0 Å². The third-order valence-corrected chi connectivity index (χ3v) is 4.68. The van der Waals surface area contributed by atoms with Crippen molar-refractivity contribution in [2.24, 2.45) is 0 Å². The summed E-state index contributed by atoms with van der Waals surface area (Å²) in [6.45, 7) is 0.882. The molecule has 2 atom stereocenters.